The predicted octanol–water partition coefficient (Wildman–Crippen LogP) is 3.65. The summed E-state index contributed by atoms with van der Waals surface area (Å²) in [7, 11) is 0. The number of nitrogens with one attached hydrogen (secondary N) is 3. The monoisotopic (exact) mass is 366 g/mol. The van der Waals surface area contributed by atoms with Crippen molar-refractivity contribution in [2.75, 3.05) is 23.7 Å². The molecule has 7 heteroatoms. The summed E-state index contributed by atoms with van der Waals surface area (Å²) in [6, 6.07) is 8.86. The van der Waals surface area contributed by atoms with E-state index < -0.39 is 0 Å². The predicted molar refractivity (Wildman–Crippen MR) is 104 cm³/mol. The lowest BCUT2D eigenvalue weighted by molar-refractivity contribution is 0.479. The highest BCUT2D eigenvalue weighted by Gasteiger charge is 2.28. The van der Waals surface area contributed by atoms with Crippen molar-refractivity contribution in [1.29, 1.82) is 0 Å². The van der Waals surface area contributed by atoms with Gasteiger partial charge in [-0.05, 0) is 56.3 Å². The average Bonchev–Trinajstić information content (AvgIpc) is 3.42. The number of halogens is 1. The van der Waals surface area contributed by atoms with E-state index in [0.717, 1.165) is 37.3 Å². The summed E-state index contributed by atoms with van der Waals surface area (Å²) in [6.45, 7) is 2.01. The summed E-state index contributed by atoms with van der Waals surface area (Å²) in [4.78, 5) is 4.74. The molecule has 3 aromatic rings. The molecular formula is C20H23FN6. The molecule has 5 rings (SSSR count). The maximum atomic E-state index is 13.6. The van der Waals surface area contributed by atoms with Crippen LogP contribution < -0.4 is 16.0 Å². The Morgan fingerprint density at radius 1 is 1.19 bits per heavy atom. The number of benzene rings is 1. The number of fused-ring (bicyclic) bond motifs is 1. The Morgan fingerprint density at radius 2 is 2.11 bits per heavy atom. The van der Waals surface area contributed by atoms with Crippen molar-refractivity contribution in [3.05, 3.63) is 47.9 Å². The van der Waals surface area contributed by atoms with Gasteiger partial charge >= 0.3 is 0 Å². The Labute approximate surface area is 157 Å². The SMILES string of the molecule is Fc1cccc(Nc2nc(N[C@H]3CCCNC3)cc3c(C4CC4)cnn23)c1. The van der Waals surface area contributed by atoms with Crippen LogP contribution in [0.15, 0.2) is 36.5 Å². The van der Waals surface area contributed by atoms with Crippen molar-refractivity contribution in [1.82, 2.24) is 19.9 Å². The number of nitrogens with zero attached hydrogens (tertiary/aromatic N) is 3. The second kappa shape index (κ2) is 6.81. The highest BCUT2D eigenvalue weighted by molar-refractivity contribution is 5.67. The number of hydrogen-bond acceptors (Lipinski definition) is 5. The second-order valence-corrected chi connectivity index (χ2v) is 7.46. The van der Waals surface area contributed by atoms with E-state index in [4.69, 9.17) is 4.98 Å². The summed E-state index contributed by atoms with van der Waals surface area (Å²) < 4.78 is 15.4. The van der Waals surface area contributed by atoms with Crippen LogP contribution in [0.2, 0.25) is 0 Å². The van der Waals surface area contributed by atoms with Crippen LogP contribution in [0.1, 0.15) is 37.2 Å². The molecule has 1 aliphatic heterocycles. The Kier molecular flexibility index (Phi) is 4.16. The van der Waals surface area contributed by atoms with E-state index in [1.807, 2.05) is 16.8 Å². The molecule has 2 aliphatic rings. The van der Waals surface area contributed by atoms with Crippen LogP contribution in [-0.2, 0) is 0 Å². The third-order valence-electron chi connectivity index (χ3n) is 5.28. The Morgan fingerprint density at radius 3 is 2.89 bits per heavy atom. The molecular weight excluding hydrogens is 343 g/mol. The number of hydrogen-bond donors (Lipinski definition) is 3. The van der Waals surface area contributed by atoms with Crippen LogP contribution >= 0.6 is 0 Å². The van der Waals surface area contributed by atoms with Gasteiger partial charge in [0.25, 0.3) is 0 Å². The van der Waals surface area contributed by atoms with Crippen molar-refractivity contribution in [3.63, 3.8) is 0 Å². The number of rotatable bonds is 5. The smallest absolute Gasteiger partial charge is 0.230 e. The molecule has 0 amide bonds. The first kappa shape index (κ1) is 16.5. The van der Waals surface area contributed by atoms with E-state index in [1.54, 1.807) is 6.07 Å². The van der Waals surface area contributed by atoms with Crippen LogP contribution in [0.4, 0.5) is 21.8 Å². The second-order valence-electron chi connectivity index (χ2n) is 7.46. The molecule has 27 heavy (non-hydrogen) atoms. The molecule has 3 heterocycles. The molecule has 2 aromatic heterocycles. The van der Waals surface area contributed by atoms with E-state index in [2.05, 4.69) is 27.1 Å². The first-order valence-electron chi connectivity index (χ1n) is 9.65. The molecule has 1 aliphatic carbocycles. The maximum absolute atomic E-state index is 13.6. The van der Waals surface area contributed by atoms with Gasteiger partial charge in [-0.3, -0.25) is 0 Å². The van der Waals surface area contributed by atoms with Gasteiger partial charge in [0.05, 0.1) is 11.7 Å². The zero-order chi connectivity index (χ0) is 18.2. The van der Waals surface area contributed by atoms with Gasteiger partial charge in [0.1, 0.15) is 11.6 Å². The third kappa shape index (κ3) is 3.47. The van der Waals surface area contributed by atoms with E-state index >= 15 is 0 Å². The fraction of sp³-hybridized carbons (Fsp3) is 0.400. The van der Waals surface area contributed by atoms with Crippen molar-refractivity contribution >= 4 is 23.0 Å². The quantitative estimate of drug-likeness (QED) is 0.643. The normalized spacial score (nSPS) is 20.0. The van der Waals surface area contributed by atoms with Gasteiger partial charge in [-0.15, -0.1) is 0 Å². The molecule has 0 spiro atoms. The molecule has 2 fully saturated rings. The van der Waals surface area contributed by atoms with Gasteiger partial charge in [-0.1, -0.05) is 6.07 Å². The van der Waals surface area contributed by atoms with Gasteiger partial charge < -0.3 is 16.0 Å². The van der Waals surface area contributed by atoms with E-state index in [9.17, 15) is 4.39 Å². The molecule has 0 bridgehead atoms. The first-order chi connectivity index (χ1) is 13.3. The molecule has 3 N–H and O–H groups in total. The Hall–Kier alpha value is -2.67. The summed E-state index contributed by atoms with van der Waals surface area (Å²) >= 11 is 0. The summed E-state index contributed by atoms with van der Waals surface area (Å²) in [5, 5.41) is 14.8. The largest absolute Gasteiger partial charge is 0.366 e. The molecule has 0 unspecified atom stereocenters. The van der Waals surface area contributed by atoms with Crippen molar-refractivity contribution in [2.24, 2.45) is 0 Å². The molecule has 1 aromatic carbocycles. The lowest BCUT2D eigenvalue weighted by Crippen LogP contribution is -2.38. The highest BCUT2D eigenvalue weighted by Crippen LogP contribution is 2.42. The summed E-state index contributed by atoms with van der Waals surface area (Å²) in [6.07, 6.45) is 6.66. The van der Waals surface area contributed by atoms with Crippen molar-refractivity contribution < 1.29 is 4.39 Å². The summed E-state index contributed by atoms with van der Waals surface area (Å²) in [5.74, 6) is 1.74. The van der Waals surface area contributed by atoms with Crippen molar-refractivity contribution in [3.8, 4) is 0 Å². The Balaban J connectivity index is 1.53. The average molecular weight is 366 g/mol. The third-order valence-corrected chi connectivity index (χ3v) is 5.28. The van der Waals surface area contributed by atoms with Gasteiger partial charge in [0.15, 0.2) is 0 Å². The van der Waals surface area contributed by atoms with E-state index in [0.29, 0.717) is 23.6 Å². The van der Waals surface area contributed by atoms with Crippen molar-refractivity contribution in [2.45, 2.75) is 37.6 Å². The first-order valence-corrected chi connectivity index (χ1v) is 9.65. The molecule has 0 radical (unpaired) electrons. The fourth-order valence-electron chi connectivity index (χ4n) is 3.75. The van der Waals surface area contributed by atoms with E-state index in [-0.39, 0.29) is 5.82 Å². The van der Waals surface area contributed by atoms with Crippen LogP contribution in [0, 0.1) is 5.82 Å². The van der Waals surface area contributed by atoms with Crippen LogP contribution in [0.25, 0.3) is 5.52 Å². The van der Waals surface area contributed by atoms with Crippen LogP contribution in [0.5, 0.6) is 0 Å². The molecule has 1 saturated heterocycles. The lowest BCUT2D eigenvalue weighted by atomic mass is 10.1. The minimum atomic E-state index is -0.280. The molecule has 6 nitrogen and oxygen atoms in total. The lowest BCUT2D eigenvalue weighted by Gasteiger charge is -2.24. The molecule has 1 saturated carbocycles. The minimum Gasteiger partial charge on any atom is -0.366 e. The number of piperidine rings is 1. The van der Waals surface area contributed by atoms with Gasteiger partial charge in [0.2, 0.25) is 5.95 Å². The van der Waals surface area contributed by atoms with Gasteiger partial charge in [0, 0.05) is 29.9 Å². The van der Waals surface area contributed by atoms with Crippen LogP contribution in [-0.4, -0.2) is 33.7 Å². The molecule has 1 atom stereocenters. The van der Waals surface area contributed by atoms with Gasteiger partial charge in [-0.25, -0.2) is 4.39 Å². The highest BCUT2D eigenvalue weighted by atomic mass is 19.1. The maximum Gasteiger partial charge on any atom is 0.230 e. The Bertz CT molecular complexity index is 958. The number of aromatic nitrogens is 3. The zero-order valence-electron chi connectivity index (χ0n) is 15.1. The van der Waals surface area contributed by atoms with Crippen LogP contribution in [0.3, 0.4) is 0 Å². The minimum absolute atomic E-state index is 0.280. The zero-order valence-corrected chi connectivity index (χ0v) is 15.1. The topological polar surface area (TPSA) is 66.3 Å². The molecule has 140 valence electrons. The standard InChI is InChI=1S/C20H23FN6/c21-14-3-1-4-15(9-14)25-20-26-19(24-16-5-2-8-22-11-16)10-18-17(13-6-7-13)12-23-27(18)20/h1,3-4,9-10,12-13,16,22,24H,2,5-8,11H2,(H,25,26)/t16-/m0/s1. The summed E-state index contributed by atoms with van der Waals surface area (Å²) in [5.41, 5.74) is 2.99. The van der Waals surface area contributed by atoms with E-state index in [1.165, 1.54) is 30.5 Å². The number of anilines is 3. The fourth-order valence-corrected chi connectivity index (χ4v) is 3.75. The van der Waals surface area contributed by atoms with Gasteiger partial charge in [-0.2, -0.15) is 14.6 Å².